The first-order chi connectivity index (χ1) is 4.74. The van der Waals surface area contributed by atoms with Crippen molar-refractivity contribution in [3.05, 3.63) is 34.9 Å². The molecule has 0 N–H and O–H groups in total. The van der Waals surface area contributed by atoms with E-state index < -0.39 is 0 Å². The smallest absolute Gasteiger partial charge is 0.0994 e. The standard InChI is InChI=1S/C9H8N/c1-7-3-4-9(6-10)8(2)5-7/h4-5H,1-2H3. The molecule has 0 fully saturated rings. The lowest BCUT2D eigenvalue weighted by molar-refractivity contribution is 1.34. The Balaban J connectivity index is 3.23. The van der Waals surface area contributed by atoms with Crippen molar-refractivity contribution in [3.63, 3.8) is 0 Å². The summed E-state index contributed by atoms with van der Waals surface area (Å²) in [5, 5.41) is 8.54. The van der Waals surface area contributed by atoms with E-state index in [-0.39, 0.29) is 0 Å². The molecular weight excluding hydrogens is 122 g/mol. The minimum Gasteiger partial charge on any atom is -0.192 e. The summed E-state index contributed by atoms with van der Waals surface area (Å²) in [7, 11) is 0. The highest BCUT2D eigenvalue weighted by atomic mass is 14.2. The molecule has 0 saturated carbocycles. The Hall–Kier alpha value is -1.29. The molecule has 0 amide bonds. The van der Waals surface area contributed by atoms with Crippen molar-refractivity contribution in [1.29, 1.82) is 5.26 Å². The first-order valence-corrected chi connectivity index (χ1v) is 3.13. The summed E-state index contributed by atoms with van der Waals surface area (Å²) in [4.78, 5) is 0. The quantitative estimate of drug-likeness (QED) is 0.526. The van der Waals surface area contributed by atoms with Crippen LogP contribution in [0.2, 0.25) is 0 Å². The summed E-state index contributed by atoms with van der Waals surface area (Å²) < 4.78 is 0. The predicted molar refractivity (Wildman–Crippen MR) is 39.5 cm³/mol. The lowest BCUT2D eigenvalue weighted by Crippen LogP contribution is -1.82. The molecule has 0 unspecified atom stereocenters. The van der Waals surface area contributed by atoms with Crippen molar-refractivity contribution in [2.75, 3.05) is 0 Å². The van der Waals surface area contributed by atoms with Gasteiger partial charge in [-0.15, -0.1) is 0 Å². The average molecular weight is 130 g/mol. The van der Waals surface area contributed by atoms with Gasteiger partial charge in [-0.2, -0.15) is 5.26 Å². The number of hydrogen-bond donors (Lipinski definition) is 0. The molecule has 0 saturated heterocycles. The van der Waals surface area contributed by atoms with Crippen LogP contribution in [0.25, 0.3) is 0 Å². The number of hydrogen-bond acceptors (Lipinski definition) is 1. The maximum Gasteiger partial charge on any atom is 0.0994 e. The minimum atomic E-state index is 0.714. The summed E-state index contributed by atoms with van der Waals surface area (Å²) in [5.41, 5.74) is 2.82. The van der Waals surface area contributed by atoms with Gasteiger partial charge in [0, 0.05) is 0 Å². The van der Waals surface area contributed by atoms with Crippen molar-refractivity contribution in [2.24, 2.45) is 0 Å². The molecule has 0 heterocycles. The number of benzene rings is 1. The molecule has 1 nitrogen and oxygen atoms in total. The molecule has 1 rings (SSSR count). The van der Waals surface area contributed by atoms with Gasteiger partial charge in [-0.25, -0.2) is 0 Å². The highest BCUT2D eigenvalue weighted by Crippen LogP contribution is 2.07. The molecule has 1 aromatic rings. The molecule has 49 valence electrons. The second-order valence-corrected chi connectivity index (χ2v) is 2.32. The third kappa shape index (κ3) is 1.16. The number of nitriles is 1. The Bertz CT molecular complexity index is 281. The van der Waals surface area contributed by atoms with Gasteiger partial charge in [0.25, 0.3) is 0 Å². The third-order valence-electron chi connectivity index (χ3n) is 1.42. The van der Waals surface area contributed by atoms with E-state index >= 15 is 0 Å². The maximum atomic E-state index is 8.54. The van der Waals surface area contributed by atoms with Gasteiger partial charge < -0.3 is 0 Å². The first-order valence-electron chi connectivity index (χ1n) is 3.13. The van der Waals surface area contributed by atoms with E-state index in [4.69, 9.17) is 5.26 Å². The molecule has 0 aliphatic rings. The Morgan fingerprint density at radius 2 is 2.20 bits per heavy atom. The zero-order chi connectivity index (χ0) is 7.56. The zero-order valence-corrected chi connectivity index (χ0v) is 6.10. The topological polar surface area (TPSA) is 23.8 Å². The van der Waals surface area contributed by atoms with Crippen LogP contribution < -0.4 is 0 Å². The minimum absolute atomic E-state index is 0.714. The summed E-state index contributed by atoms with van der Waals surface area (Å²) in [5.74, 6) is 0. The normalized spacial score (nSPS) is 8.90. The molecule has 1 aromatic carbocycles. The van der Waals surface area contributed by atoms with Gasteiger partial charge in [-0.3, -0.25) is 0 Å². The molecule has 0 aliphatic carbocycles. The number of aryl methyl sites for hydroxylation is 2. The maximum absolute atomic E-state index is 8.54. The van der Waals surface area contributed by atoms with Gasteiger partial charge >= 0.3 is 0 Å². The molecule has 0 atom stereocenters. The molecule has 0 spiro atoms. The monoisotopic (exact) mass is 130 g/mol. The van der Waals surface area contributed by atoms with E-state index in [1.165, 1.54) is 0 Å². The summed E-state index contributed by atoms with van der Waals surface area (Å²) >= 11 is 0. The molecule has 0 bridgehead atoms. The number of nitrogens with zero attached hydrogens (tertiary/aromatic N) is 1. The van der Waals surface area contributed by atoms with Crippen LogP contribution in [0.1, 0.15) is 16.7 Å². The fourth-order valence-corrected chi connectivity index (χ4v) is 0.864. The fourth-order valence-electron chi connectivity index (χ4n) is 0.864. The van der Waals surface area contributed by atoms with Crippen molar-refractivity contribution in [2.45, 2.75) is 13.8 Å². The van der Waals surface area contributed by atoms with Crippen LogP contribution in [0.3, 0.4) is 0 Å². The van der Waals surface area contributed by atoms with E-state index in [9.17, 15) is 0 Å². The van der Waals surface area contributed by atoms with E-state index in [0.717, 1.165) is 11.1 Å². The summed E-state index contributed by atoms with van der Waals surface area (Å²) in [6.45, 7) is 3.90. The average Bonchev–Trinajstić information content (AvgIpc) is 1.88. The zero-order valence-electron chi connectivity index (χ0n) is 6.10. The molecule has 0 aromatic heterocycles. The second kappa shape index (κ2) is 2.53. The molecule has 0 aliphatic heterocycles. The van der Waals surface area contributed by atoms with E-state index in [1.807, 2.05) is 19.9 Å². The van der Waals surface area contributed by atoms with Crippen molar-refractivity contribution >= 4 is 0 Å². The van der Waals surface area contributed by atoms with Gasteiger partial charge in [0.1, 0.15) is 0 Å². The highest BCUT2D eigenvalue weighted by Gasteiger charge is 1.94. The van der Waals surface area contributed by atoms with Crippen LogP contribution in [-0.4, -0.2) is 0 Å². The Labute approximate surface area is 60.9 Å². The fraction of sp³-hybridized carbons (Fsp3) is 0.222. The van der Waals surface area contributed by atoms with Crippen LogP contribution in [-0.2, 0) is 0 Å². The Kier molecular flexibility index (Phi) is 1.73. The van der Waals surface area contributed by atoms with Crippen LogP contribution in [0.4, 0.5) is 0 Å². The van der Waals surface area contributed by atoms with Crippen molar-refractivity contribution in [3.8, 4) is 6.07 Å². The Morgan fingerprint density at radius 3 is 2.70 bits per heavy atom. The number of rotatable bonds is 0. The second-order valence-electron chi connectivity index (χ2n) is 2.32. The van der Waals surface area contributed by atoms with Gasteiger partial charge in [0.15, 0.2) is 0 Å². The van der Waals surface area contributed by atoms with Crippen LogP contribution in [0, 0.1) is 31.2 Å². The van der Waals surface area contributed by atoms with Gasteiger partial charge in [0.2, 0.25) is 0 Å². The summed E-state index contributed by atoms with van der Waals surface area (Å²) in [6, 6.07) is 8.74. The van der Waals surface area contributed by atoms with E-state index in [0.29, 0.717) is 5.56 Å². The van der Waals surface area contributed by atoms with Crippen molar-refractivity contribution in [1.82, 2.24) is 0 Å². The SMILES string of the molecule is Cc1[c]cc(C#N)c(C)c1. The lowest BCUT2D eigenvalue weighted by Gasteiger charge is -1.95. The van der Waals surface area contributed by atoms with Crippen LogP contribution >= 0.6 is 0 Å². The summed E-state index contributed by atoms with van der Waals surface area (Å²) in [6.07, 6.45) is 0. The lowest BCUT2D eigenvalue weighted by atomic mass is 10.1. The first kappa shape index (κ1) is 6.82. The largest absolute Gasteiger partial charge is 0.192 e. The molecular formula is C9H8N. The van der Waals surface area contributed by atoms with Crippen LogP contribution in [0.15, 0.2) is 12.1 Å². The van der Waals surface area contributed by atoms with E-state index in [2.05, 4.69) is 12.1 Å². The predicted octanol–water partition coefficient (Wildman–Crippen LogP) is 1.98. The third-order valence-corrected chi connectivity index (χ3v) is 1.42. The van der Waals surface area contributed by atoms with Crippen LogP contribution in [0.5, 0.6) is 0 Å². The van der Waals surface area contributed by atoms with Gasteiger partial charge in [-0.05, 0) is 37.1 Å². The van der Waals surface area contributed by atoms with E-state index in [1.54, 1.807) is 6.07 Å². The Morgan fingerprint density at radius 1 is 1.50 bits per heavy atom. The van der Waals surface area contributed by atoms with Gasteiger partial charge in [0.05, 0.1) is 11.6 Å². The molecule has 1 heteroatoms. The van der Waals surface area contributed by atoms with Gasteiger partial charge in [-0.1, -0.05) is 6.07 Å². The highest BCUT2D eigenvalue weighted by molar-refractivity contribution is 5.38. The molecule has 10 heavy (non-hydrogen) atoms. The van der Waals surface area contributed by atoms with Crippen molar-refractivity contribution < 1.29 is 0 Å². The molecule has 1 radical (unpaired) electrons.